The molecule has 0 saturated heterocycles. The molecule has 1 aromatic rings. The third-order valence-corrected chi connectivity index (χ3v) is 4.35. The third-order valence-electron chi connectivity index (χ3n) is 1.62. The summed E-state index contributed by atoms with van der Waals surface area (Å²) >= 11 is 3.04. The van der Waals surface area contributed by atoms with Gasteiger partial charge in [-0.1, -0.05) is 19.4 Å². The lowest BCUT2D eigenvalue weighted by atomic mass is 10.3. The van der Waals surface area contributed by atoms with Crippen LogP contribution in [0, 0.1) is 7.14 Å². The predicted molar refractivity (Wildman–Crippen MR) is 69.8 cm³/mol. The molecule has 0 saturated carbocycles. The fraction of sp³-hybridized carbons (Fsp3) is 0.143. The summed E-state index contributed by atoms with van der Waals surface area (Å²) in [6.07, 6.45) is 0. The molecule has 0 bridgehead atoms. The second-order valence-electron chi connectivity index (χ2n) is 2.89. The van der Waals surface area contributed by atoms with Crippen LogP contribution in [0.25, 0.3) is 0 Å². The summed E-state index contributed by atoms with van der Waals surface area (Å²) in [5, 5.41) is 0. The highest BCUT2D eigenvalue weighted by molar-refractivity contribution is 14.1. The molecule has 0 aliphatic heterocycles. The summed E-state index contributed by atoms with van der Waals surface area (Å²) in [6.45, 7) is 0. The Kier molecular flexibility index (Phi) is 3.17. The number of hydrogen-bond donors (Lipinski definition) is 0. The van der Waals surface area contributed by atoms with Crippen molar-refractivity contribution in [1.82, 2.24) is 0 Å². The van der Waals surface area contributed by atoms with E-state index in [0.717, 1.165) is 0 Å². The molecule has 0 amide bonds. The molecule has 1 nitrogen and oxygen atoms in total. The summed E-state index contributed by atoms with van der Waals surface area (Å²) in [7, 11) is -8.34. The van der Waals surface area contributed by atoms with E-state index in [1.807, 2.05) is 0 Å². The van der Waals surface area contributed by atoms with Crippen molar-refractivity contribution in [3.05, 3.63) is 19.3 Å². The highest BCUT2D eigenvalue weighted by Gasteiger charge is 2.65. The first kappa shape index (κ1) is 14.5. The summed E-state index contributed by atoms with van der Waals surface area (Å²) in [4.78, 5) is -1.89. The zero-order valence-electron chi connectivity index (χ0n) is 7.62. The minimum Gasteiger partial charge on any atom is -0.495 e. The molecule has 0 atom stereocenters. The van der Waals surface area contributed by atoms with E-state index >= 15 is 0 Å². The highest BCUT2D eigenvalue weighted by Crippen LogP contribution is 3.02. The number of hydrogen-bond acceptors (Lipinski definition) is 1. The van der Waals surface area contributed by atoms with Gasteiger partial charge in [-0.25, -0.2) is 0 Å². The van der Waals surface area contributed by atoms with E-state index in [-0.39, 0.29) is 12.9 Å². The van der Waals surface area contributed by atoms with Gasteiger partial charge >= 0.3 is 10.2 Å². The lowest BCUT2D eigenvalue weighted by molar-refractivity contribution is 0.363. The van der Waals surface area contributed by atoms with Gasteiger partial charge in [-0.3, -0.25) is 0 Å². The van der Waals surface area contributed by atoms with Gasteiger partial charge in [0.2, 0.25) is 0 Å². The van der Waals surface area contributed by atoms with E-state index in [4.69, 9.17) is 4.74 Å². The zero-order chi connectivity index (χ0) is 12.8. The lowest BCUT2D eigenvalue weighted by Crippen LogP contribution is -2.07. The predicted octanol–water partition coefficient (Wildman–Crippen LogP) is 5.56. The van der Waals surface area contributed by atoms with Gasteiger partial charge in [0.05, 0.1) is 14.3 Å². The van der Waals surface area contributed by atoms with E-state index in [1.165, 1.54) is 52.3 Å². The van der Waals surface area contributed by atoms with Crippen molar-refractivity contribution < 1.29 is 24.2 Å². The number of methoxy groups -OCH3 is 1. The Morgan fingerprint density at radius 2 is 1.38 bits per heavy atom. The number of ether oxygens (including phenoxy) is 1. The Morgan fingerprint density at radius 3 is 1.62 bits per heavy atom. The highest BCUT2D eigenvalue weighted by atomic mass is 127. The van der Waals surface area contributed by atoms with Crippen LogP contribution >= 0.6 is 55.4 Å². The normalized spacial score (nSPS) is 16.5. The van der Waals surface area contributed by atoms with E-state index in [0.29, 0.717) is 12.1 Å². The largest absolute Gasteiger partial charge is 0.495 e. The second kappa shape index (κ2) is 3.49. The average molecular weight is 486 g/mol. The SMILES string of the molecule is COc1c(I)cc(S(F)(F)(F)(F)F)cc1I. The van der Waals surface area contributed by atoms with Crippen LogP contribution in [-0.4, -0.2) is 7.11 Å². The first-order valence-corrected chi connectivity index (χ1v) is 7.73. The topological polar surface area (TPSA) is 9.23 Å². The van der Waals surface area contributed by atoms with Gasteiger partial charge in [0.25, 0.3) is 0 Å². The maximum Gasteiger partial charge on any atom is 0.310 e. The molecular weight excluding hydrogens is 481 g/mol. The van der Waals surface area contributed by atoms with Gasteiger partial charge in [-0.05, 0) is 57.3 Å². The summed E-state index contributed by atoms with van der Waals surface area (Å²) < 4.78 is 67.3. The van der Waals surface area contributed by atoms with Crippen LogP contribution in [0.4, 0.5) is 19.4 Å². The van der Waals surface area contributed by atoms with Crippen molar-refractivity contribution in [2.24, 2.45) is 0 Å². The number of rotatable bonds is 2. The average Bonchev–Trinajstić information content (AvgIpc) is 1.99. The molecule has 1 rings (SSSR count). The minimum atomic E-state index is -9.60. The summed E-state index contributed by atoms with van der Waals surface area (Å²) in [5.74, 6) is 0.159. The lowest BCUT2D eigenvalue weighted by Gasteiger charge is -2.40. The van der Waals surface area contributed by atoms with Crippen LogP contribution < -0.4 is 4.74 Å². The first-order chi connectivity index (χ1) is 6.85. The monoisotopic (exact) mass is 486 g/mol. The summed E-state index contributed by atoms with van der Waals surface area (Å²) in [6, 6.07) is 0.784. The van der Waals surface area contributed by atoms with Gasteiger partial charge in [-0.15, -0.1) is 0 Å². The second-order valence-corrected chi connectivity index (χ2v) is 7.62. The van der Waals surface area contributed by atoms with E-state index in [2.05, 4.69) is 0 Å². The van der Waals surface area contributed by atoms with Crippen molar-refractivity contribution in [2.75, 3.05) is 7.11 Å². The van der Waals surface area contributed by atoms with Crippen LogP contribution in [0.15, 0.2) is 17.0 Å². The van der Waals surface area contributed by atoms with Crippen LogP contribution in [-0.2, 0) is 0 Å². The van der Waals surface area contributed by atoms with Crippen molar-refractivity contribution in [1.29, 1.82) is 0 Å². The minimum absolute atomic E-state index is 0.00440. The molecule has 16 heavy (non-hydrogen) atoms. The van der Waals surface area contributed by atoms with Gasteiger partial charge in [0.15, 0.2) is 0 Å². The molecule has 0 radical (unpaired) electrons. The van der Waals surface area contributed by atoms with Crippen LogP contribution in [0.2, 0.25) is 0 Å². The van der Waals surface area contributed by atoms with E-state index < -0.39 is 15.1 Å². The Hall–Kier alpha value is 0.480. The molecule has 0 N–H and O–H groups in total. The van der Waals surface area contributed by atoms with E-state index in [9.17, 15) is 19.4 Å². The first-order valence-electron chi connectivity index (χ1n) is 3.62. The van der Waals surface area contributed by atoms with Crippen molar-refractivity contribution in [2.45, 2.75) is 4.90 Å². The number of benzene rings is 1. The van der Waals surface area contributed by atoms with Crippen LogP contribution in [0.3, 0.4) is 0 Å². The smallest absolute Gasteiger partial charge is 0.310 e. The van der Waals surface area contributed by atoms with E-state index in [1.54, 1.807) is 0 Å². The van der Waals surface area contributed by atoms with Crippen LogP contribution in [0.1, 0.15) is 0 Å². The van der Waals surface area contributed by atoms with Crippen LogP contribution in [0.5, 0.6) is 5.75 Å². The standard InChI is InChI=1S/C7H5F5I2OS/c1-15-7-5(13)2-4(3-6(7)14)16(8,9,10,11)12/h2-3H,1H3. The van der Waals surface area contributed by atoms with Crippen molar-refractivity contribution in [3.8, 4) is 5.75 Å². The molecule has 0 aromatic heterocycles. The molecule has 0 fully saturated rings. The van der Waals surface area contributed by atoms with Gasteiger partial charge in [0, 0.05) is 0 Å². The Balaban J connectivity index is 3.54. The summed E-state index contributed by atoms with van der Waals surface area (Å²) in [5.41, 5.74) is 0. The maximum absolute atomic E-state index is 12.5. The zero-order valence-corrected chi connectivity index (χ0v) is 12.7. The molecule has 0 spiro atoms. The van der Waals surface area contributed by atoms with Gasteiger partial charge in [0.1, 0.15) is 10.6 Å². The molecular formula is C7H5F5I2OS. The number of halogens is 7. The van der Waals surface area contributed by atoms with Crippen molar-refractivity contribution in [3.63, 3.8) is 0 Å². The molecule has 0 heterocycles. The molecule has 0 unspecified atom stereocenters. The third kappa shape index (κ3) is 3.24. The molecule has 0 aliphatic rings. The Labute approximate surface area is 116 Å². The Morgan fingerprint density at radius 1 is 1.00 bits per heavy atom. The Bertz CT molecular complexity index is 420. The molecule has 94 valence electrons. The fourth-order valence-electron chi connectivity index (χ4n) is 0.954. The maximum atomic E-state index is 12.5. The molecule has 0 aliphatic carbocycles. The quantitative estimate of drug-likeness (QED) is 0.393. The van der Waals surface area contributed by atoms with Crippen molar-refractivity contribution >= 4 is 55.4 Å². The van der Waals surface area contributed by atoms with Gasteiger partial charge < -0.3 is 4.74 Å². The molecule has 1 aromatic carbocycles. The van der Waals surface area contributed by atoms with Gasteiger partial charge in [-0.2, -0.15) is 0 Å². The molecule has 9 heteroatoms. The fourth-order valence-corrected chi connectivity index (χ4v) is 4.27.